The van der Waals surface area contributed by atoms with Crippen LogP contribution in [0.2, 0.25) is 5.28 Å². The van der Waals surface area contributed by atoms with E-state index in [2.05, 4.69) is 15.3 Å². The van der Waals surface area contributed by atoms with E-state index >= 15 is 0 Å². The number of carbonyl (C=O) groups excluding carboxylic acids is 1. The molecule has 0 unspecified atom stereocenters. The molecule has 2 rings (SSSR count). The molecule has 1 aromatic heterocycles. The van der Waals surface area contributed by atoms with Crippen LogP contribution in [0.15, 0.2) is 18.3 Å². The third kappa shape index (κ3) is 3.45. The molecule has 0 fully saturated rings. The number of ether oxygens (including phenoxy) is 1. The Hall–Kier alpha value is -2.35. The summed E-state index contributed by atoms with van der Waals surface area (Å²) in [6.45, 7) is -0.538. The molecule has 116 valence electrons. The maximum Gasteiger partial charge on any atom is 0.224 e. The van der Waals surface area contributed by atoms with Gasteiger partial charge < -0.3 is 10.1 Å². The second-order valence-electron chi connectivity index (χ2n) is 4.07. The number of hydrogen-bond acceptors (Lipinski definition) is 5. The zero-order valence-electron chi connectivity index (χ0n) is 11.2. The van der Waals surface area contributed by atoms with E-state index < -0.39 is 29.8 Å². The first-order chi connectivity index (χ1) is 10.4. The minimum atomic E-state index is -1.64. The number of anilines is 1. The van der Waals surface area contributed by atoms with E-state index in [4.69, 9.17) is 16.3 Å². The molecular weight excluding hydrogens is 323 g/mol. The minimum absolute atomic E-state index is 0.0225. The molecule has 0 aliphatic heterocycles. The highest BCUT2D eigenvalue weighted by Crippen LogP contribution is 2.22. The molecule has 0 bridgehead atoms. The summed E-state index contributed by atoms with van der Waals surface area (Å²) in [6, 6.07) is 1.20. The zero-order valence-corrected chi connectivity index (χ0v) is 11.9. The smallest absolute Gasteiger partial charge is 0.224 e. The molecule has 9 heteroatoms. The van der Waals surface area contributed by atoms with Gasteiger partial charge in [0.25, 0.3) is 0 Å². The Morgan fingerprint density at radius 3 is 2.55 bits per heavy atom. The molecule has 0 radical (unpaired) electrons. The Morgan fingerprint density at radius 2 is 1.95 bits per heavy atom. The third-order valence-electron chi connectivity index (χ3n) is 2.63. The van der Waals surface area contributed by atoms with Crippen molar-refractivity contribution < 1.29 is 22.7 Å². The number of halogens is 4. The van der Waals surface area contributed by atoms with Crippen molar-refractivity contribution in [3.63, 3.8) is 0 Å². The number of carbonyl (C=O) groups is 1. The molecule has 0 atom stereocenters. The van der Waals surface area contributed by atoms with Gasteiger partial charge in [-0.15, -0.1) is 0 Å². The summed E-state index contributed by atoms with van der Waals surface area (Å²) in [5.74, 6) is -4.91. The van der Waals surface area contributed by atoms with Crippen molar-refractivity contribution in [1.82, 2.24) is 9.97 Å². The lowest BCUT2D eigenvalue weighted by Gasteiger charge is -2.09. The van der Waals surface area contributed by atoms with Gasteiger partial charge in [-0.3, -0.25) is 4.79 Å². The summed E-state index contributed by atoms with van der Waals surface area (Å²) in [6.07, 6.45) is 1.24. The quantitative estimate of drug-likeness (QED) is 0.518. The van der Waals surface area contributed by atoms with Crippen LogP contribution in [0.5, 0.6) is 5.75 Å². The van der Waals surface area contributed by atoms with Crippen LogP contribution in [0.1, 0.15) is 10.4 Å². The highest BCUT2D eigenvalue weighted by atomic mass is 35.5. The van der Waals surface area contributed by atoms with E-state index in [0.29, 0.717) is 12.1 Å². The van der Waals surface area contributed by atoms with Gasteiger partial charge in [-0.1, -0.05) is 0 Å². The van der Waals surface area contributed by atoms with Crippen LogP contribution in [0.25, 0.3) is 0 Å². The third-order valence-corrected chi connectivity index (χ3v) is 2.81. The van der Waals surface area contributed by atoms with Crippen molar-refractivity contribution in [3.05, 3.63) is 46.6 Å². The second kappa shape index (κ2) is 6.61. The Labute approximate surface area is 128 Å². The lowest BCUT2D eigenvalue weighted by molar-refractivity contribution is 0.0920. The molecule has 2 aromatic rings. The van der Waals surface area contributed by atoms with Gasteiger partial charge in [0.05, 0.1) is 6.20 Å². The number of nitrogens with zero attached hydrogens (tertiary/aromatic N) is 2. The molecule has 5 nitrogen and oxygen atoms in total. The van der Waals surface area contributed by atoms with Crippen LogP contribution >= 0.6 is 11.6 Å². The minimum Gasteiger partial charge on any atom is -0.480 e. The monoisotopic (exact) mass is 331 g/mol. The van der Waals surface area contributed by atoms with Crippen molar-refractivity contribution in [2.24, 2.45) is 0 Å². The van der Waals surface area contributed by atoms with E-state index in [1.807, 2.05) is 0 Å². The first kappa shape index (κ1) is 16.0. The van der Waals surface area contributed by atoms with Gasteiger partial charge in [0.2, 0.25) is 5.28 Å². The van der Waals surface area contributed by atoms with Gasteiger partial charge in [-0.2, -0.15) is 4.98 Å². The fourth-order valence-corrected chi connectivity index (χ4v) is 1.71. The van der Waals surface area contributed by atoms with E-state index in [1.165, 1.54) is 6.20 Å². The van der Waals surface area contributed by atoms with Gasteiger partial charge in [-0.25, -0.2) is 18.2 Å². The summed E-state index contributed by atoms with van der Waals surface area (Å²) >= 11 is 5.60. The Morgan fingerprint density at radius 1 is 1.32 bits per heavy atom. The number of benzene rings is 1. The predicted octanol–water partition coefficient (Wildman–Crippen LogP) is 2.85. The number of Topliss-reactive ketones (excluding diaryl/α,β-unsaturated/α-hetero) is 1. The van der Waals surface area contributed by atoms with Crippen LogP contribution in [0.3, 0.4) is 0 Å². The van der Waals surface area contributed by atoms with Gasteiger partial charge in [0.1, 0.15) is 0 Å². The highest BCUT2D eigenvalue weighted by molar-refractivity contribution is 6.28. The number of rotatable bonds is 5. The fraction of sp³-hybridized carbons (Fsp3) is 0.154. The Bertz CT molecular complexity index is 705. The first-order valence-electron chi connectivity index (χ1n) is 5.93. The SMILES string of the molecule is CNc1nc(Cl)ncc1OCC(=O)c1cc(F)c(F)c(F)c1. The van der Waals surface area contributed by atoms with Gasteiger partial charge in [-0.05, 0) is 23.7 Å². The summed E-state index contributed by atoms with van der Waals surface area (Å²) in [5, 5.41) is 2.66. The van der Waals surface area contributed by atoms with Crippen LogP contribution in [0.4, 0.5) is 19.0 Å². The van der Waals surface area contributed by atoms with Crippen LogP contribution < -0.4 is 10.1 Å². The molecule has 0 aliphatic rings. The topological polar surface area (TPSA) is 64.1 Å². The molecule has 1 heterocycles. The summed E-state index contributed by atoms with van der Waals surface area (Å²) < 4.78 is 44.2. The standard InChI is InChI=1S/C13H9ClF3N3O2/c1-18-12-10(4-19-13(14)20-12)22-5-9(21)6-2-7(15)11(17)8(16)3-6/h2-4H,5H2,1H3,(H,18,19,20). The Kier molecular flexibility index (Phi) is 4.81. The number of ketones is 1. The molecule has 22 heavy (non-hydrogen) atoms. The second-order valence-corrected chi connectivity index (χ2v) is 4.41. The van der Waals surface area contributed by atoms with Gasteiger partial charge in [0.15, 0.2) is 41.4 Å². The summed E-state index contributed by atoms with van der Waals surface area (Å²) in [4.78, 5) is 19.3. The summed E-state index contributed by atoms with van der Waals surface area (Å²) in [7, 11) is 1.55. The largest absolute Gasteiger partial charge is 0.480 e. The lowest BCUT2D eigenvalue weighted by Crippen LogP contribution is -2.14. The van der Waals surface area contributed by atoms with Gasteiger partial charge in [0, 0.05) is 12.6 Å². The average molecular weight is 332 g/mol. The van der Waals surface area contributed by atoms with E-state index in [0.717, 1.165) is 0 Å². The molecule has 1 N–H and O–H groups in total. The van der Waals surface area contributed by atoms with Crippen LogP contribution in [-0.2, 0) is 0 Å². The van der Waals surface area contributed by atoms with Crippen LogP contribution in [0, 0.1) is 17.5 Å². The molecule has 0 saturated carbocycles. The number of nitrogens with one attached hydrogen (secondary N) is 1. The molecule has 0 spiro atoms. The number of aromatic nitrogens is 2. The van der Waals surface area contributed by atoms with E-state index in [-0.39, 0.29) is 22.4 Å². The first-order valence-corrected chi connectivity index (χ1v) is 6.31. The lowest BCUT2D eigenvalue weighted by atomic mass is 10.1. The van der Waals surface area contributed by atoms with E-state index in [9.17, 15) is 18.0 Å². The van der Waals surface area contributed by atoms with E-state index in [1.54, 1.807) is 7.05 Å². The fourth-order valence-electron chi connectivity index (χ4n) is 1.58. The maximum atomic E-state index is 13.1. The van der Waals surface area contributed by atoms with Crippen LogP contribution in [-0.4, -0.2) is 29.4 Å². The number of hydrogen-bond donors (Lipinski definition) is 1. The molecule has 0 amide bonds. The van der Waals surface area contributed by atoms with Crippen molar-refractivity contribution in [3.8, 4) is 5.75 Å². The van der Waals surface area contributed by atoms with Crippen molar-refractivity contribution >= 4 is 23.2 Å². The maximum absolute atomic E-state index is 13.1. The molecule has 1 aromatic carbocycles. The summed E-state index contributed by atoms with van der Waals surface area (Å²) in [5.41, 5.74) is -0.350. The van der Waals surface area contributed by atoms with Crippen molar-refractivity contribution in [2.75, 3.05) is 19.0 Å². The van der Waals surface area contributed by atoms with Crippen molar-refractivity contribution in [2.45, 2.75) is 0 Å². The zero-order chi connectivity index (χ0) is 16.3. The van der Waals surface area contributed by atoms with Crippen molar-refractivity contribution in [1.29, 1.82) is 0 Å². The molecule has 0 aliphatic carbocycles. The highest BCUT2D eigenvalue weighted by Gasteiger charge is 2.16. The van der Waals surface area contributed by atoms with Gasteiger partial charge >= 0.3 is 0 Å². The predicted molar refractivity (Wildman–Crippen MR) is 72.7 cm³/mol. The molecule has 0 saturated heterocycles. The molecular formula is C13H9ClF3N3O2. The Balaban J connectivity index is 2.13. The average Bonchev–Trinajstić information content (AvgIpc) is 2.50. The normalized spacial score (nSPS) is 10.4.